The standard InChI is InChI=1S/C13H19N3O/c1-9-6-7-15-12(8-9)16-11-4-2-10(3-5-11)13(14)17/h6-8,10-11H,2-5H2,1H3,(H2,14,17)(H,15,16). The van der Waals surface area contributed by atoms with Crippen LogP contribution in [-0.4, -0.2) is 16.9 Å². The topological polar surface area (TPSA) is 68.0 Å². The van der Waals surface area contributed by atoms with Gasteiger partial charge >= 0.3 is 0 Å². The Bertz CT molecular complexity index is 397. The lowest BCUT2D eigenvalue weighted by Gasteiger charge is -2.27. The van der Waals surface area contributed by atoms with Crippen LogP contribution in [0.3, 0.4) is 0 Å². The summed E-state index contributed by atoms with van der Waals surface area (Å²) in [7, 11) is 0. The van der Waals surface area contributed by atoms with Crippen molar-refractivity contribution in [3.8, 4) is 0 Å². The minimum absolute atomic E-state index is 0.0681. The molecule has 92 valence electrons. The van der Waals surface area contributed by atoms with Gasteiger partial charge in [0.25, 0.3) is 0 Å². The third-order valence-electron chi connectivity index (χ3n) is 3.40. The van der Waals surface area contributed by atoms with Crippen LogP contribution in [0.5, 0.6) is 0 Å². The van der Waals surface area contributed by atoms with Gasteiger partial charge in [0.1, 0.15) is 5.82 Å². The largest absolute Gasteiger partial charge is 0.369 e. The van der Waals surface area contributed by atoms with Crippen LogP contribution >= 0.6 is 0 Å². The molecule has 1 aromatic rings. The van der Waals surface area contributed by atoms with E-state index in [1.807, 2.05) is 18.3 Å². The molecule has 3 N–H and O–H groups in total. The number of nitrogens with zero attached hydrogens (tertiary/aromatic N) is 1. The number of aryl methyl sites for hydroxylation is 1. The molecule has 0 unspecified atom stereocenters. The first-order valence-electron chi connectivity index (χ1n) is 6.13. The number of aromatic nitrogens is 1. The number of hydrogen-bond acceptors (Lipinski definition) is 3. The predicted octanol–water partition coefficient (Wildman–Crippen LogP) is 1.85. The molecule has 1 heterocycles. The van der Waals surface area contributed by atoms with Crippen LogP contribution in [0.4, 0.5) is 5.82 Å². The Balaban J connectivity index is 1.88. The van der Waals surface area contributed by atoms with Crippen molar-refractivity contribution in [3.63, 3.8) is 0 Å². The highest BCUT2D eigenvalue weighted by atomic mass is 16.1. The molecule has 1 aliphatic rings. The van der Waals surface area contributed by atoms with E-state index in [2.05, 4.69) is 17.2 Å². The normalized spacial score (nSPS) is 24.3. The summed E-state index contributed by atoms with van der Waals surface area (Å²) < 4.78 is 0. The average Bonchev–Trinajstić information content (AvgIpc) is 2.29. The Morgan fingerprint density at radius 1 is 1.41 bits per heavy atom. The summed E-state index contributed by atoms with van der Waals surface area (Å²) in [6, 6.07) is 4.44. The molecular weight excluding hydrogens is 214 g/mol. The maximum atomic E-state index is 11.1. The van der Waals surface area contributed by atoms with Gasteiger partial charge in [-0.3, -0.25) is 4.79 Å². The molecule has 1 aliphatic carbocycles. The highest BCUT2D eigenvalue weighted by Gasteiger charge is 2.24. The lowest BCUT2D eigenvalue weighted by molar-refractivity contribution is -0.122. The zero-order valence-corrected chi connectivity index (χ0v) is 10.1. The van der Waals surface area contributed by atoms with E-state index in [-0.39, 0.29) is 11.8 Å². The fraction of sp³-hybridized carbons (Fsp3) is 0.538. The molecule has 0 aromatic carbocycles. The Morgan fingerprint density at radius 2 is 2.12 bits per heavy atom. The number of nitrogens with one attached hydrogen (secondary N) is 1. The average molecular weight is 233 g/mol. The van der Waals surface area contributed by atoms with Crippen LogP contribution in [0.2, 0.25) is 0 Å². The van der Waals surface area contributed by atoms with Gasteiger partial charge in [0.05, 0.1) is 0 Å². The molecule has 4 heteroatoms. The van der Waals surface area contributed by atoms with E-state index >= 15 is 0 Å². The highest BCUT2D eigenvalue weighted by Crippen LogP contribution is 2.25. The smallest absolute Gasteiger partial charge is 0.220 e. The van der Waals surface area contributed by atoms with E-state index in [1.54, 1.807) is 0 Å². The summed E-state index contributed by atoms with van der Waals surface area (Å²) in [4.78, 5) is 15.3. The number of carbonyl (C=O) groups excluding carboxylic acids is 1. The zero-order chi connectivity index (χ0) is 12.3. The van der Waals surface area contributed by atoms with Crippen LogP contribution in [0, 0.1) is 12.8 Å². The van der Waals surface area contributed by atoms with E-state index in [0.29, 0.717) is 6.04 Å². The number of pyridine rings is 1. The van der Waals surface area contributed by atoms with E-state index in [9.17, 15) is 4.79 Å². The summed E-state index contributed by atoms with van der Waals surface area (Å²) in [6.45, 7) is 2.05. The van der Waals surface area contributed by atoms with Gasteiger partial charge in [-0.1, -0.05) is 0 Å². The second kappa shape index (κ2) is 5.17. The molecule has 0 aliphatic heterocycles. The molecule has 0 bridgehead atoms. The molecule has 1 fully saturated rings. The Hall–Kier alpha value is -1.58. The second-order valence-electron chi connectivity index (χ2n) is 4.81. The molecule has 1 amide bonds. The first kappa shape index (κ1) is 11.9. The van der Waals surface area contributed by atoms with Crippen LogP contribution in [0.1, 0.15) is 31.2 Å². The third kappa shape index (κ3) is 3.19. The van der Waals surface area contributed by atoms with Gasteiger partial charge in [-0.25, -0.2) is 4.98 Å². The van der Waals surface area contributed by atoms with Crippen molar-refractivity contribution in [1.82, 2.24) is 4.98 Å². The molecule has 0 spiro atoms. The van der Waals surface area contributed by atoms with Crippen molar-refractivity contribution in [2.75, 3.05) is 5.32 Å². The van der Waals surface area contributed by atoms with Gasteiger partial charge in [-0.05, 0) is 50.3 Å². The highest BCUT2D eigenvalue weighted by molar-refractivity contribution is 5.76. The lowest BCUT2D eigenvalue weighted by Crippen LogP contribution is -2.32. The van der Waals surface area contributed by atoms with Crippen molar-refractivity contribution in [1.29, 1.82) is 0 Å². The summed E-state index contributed by atoms with van der Waals surface area (Å²) >= 11 is 0. The van der Waals surface area contributed by atoms with Crippen LogP contribution in [-0.2, 0) is 4.79 Å². The minimum atomic E-state index is -0.155. The monoisotopic (exact) mass is 233 g/mol. The zero-order valence-electron chi connectivity index (χ0n) is 10.1. The van der Waals surface area contributed by atoms with E-state index in [4.69, 9.17) is 5.73 Å². The van der Waals surface area contributed by atoms with Gasteiger partial charge < -0.3 is 11.1 Å². The number of anilines is 1. The maximum Gasteiger partial charge on any atom is 0.220 e. The van der Waals surface area contributed by atoms with Gasteiger partial charge in [0, 0.05) is 18.2 Å². The Labute approximate surface area is 102 Å². The van der Waals surface area contributed by atoms with Crippen molar-refractivity contribution in [2.24, 2.45) is 11.7 Å². The maximum absolute atomic E-state index is 11.1. The van der Waals surface area contributed by atoms with Gasteiger partial charge in [-0.15, -0.1) is 0 Å². The van der Waals surface area contributed by atoms with E-state index < -0.39 is 0 Å². The first-order chi connectivity index (χ1) is 8.15. The summed E-state index contributed by atoms with van der Waals surface area (Å²) in [5.74, 6) is 0.836. The van der Waals surface area contributed by atoms with Crippen molar-refractivity contribution >= 4 is 11.7 Å². The molecule has 0 atom stereocenters. The molecule has 0 saturated heterocycles. The molecule has 1 aromatic heterocycles. The Morgan fingerprint density at radius 3 is 2.71 bits per heavy atom. The quantitative estimate of drug-likeness (QED) is 0.837. The minimum Gasteiger partial charge on any atom is -0.369 e. The second-order valence-corrected chi connectivity index (χ2v) is 4.81. The van der Waals surface area contributed by atoms with Crippen LogP contribution < -0.4 is 11.1 Å². The molecule has 17 heavy (non-hydrogen) atoms. The number of amides is 1. The third-order valence-corrected chi connectivity index (χ3v) is 3.40. The molecule has 1 saturated carbocycles. The predicted molar refractivity (Wildman–Crippen MR) is 67.5 cm³/mol. The Kier molecular flexibility index (Phi) is 3.61. The number of hydrogen-bond donors (Lipinski definition) is 2. The molecule has 2 rings (SSSR count). The summed E-state index contributed by atoms with van der Waals surface area (Å²) in [5.41, 5.74) is 6.52. The lowest BCUT2D eigenvalue weighted by atomic mass is 9.85. The SMILES string of the molecule is Cc1ccnc(NC2CCC(C(N)=O)CC2)c1. The molecule has 0 radical (unpaired) electrons. The van der Waals surface area contributed by atoms with E-state index in [1.165, 1.54) is 5.56 Å². The van der Waals surface area contributed by atoms with Gasteiger partial charge in [0.15, 0.2) is 0 Å². The number of primary amides is 1. The fourth-order valence-corrected chi connectivity index (χ4v) is 2.35. The summed E-state index contributed by atoms with van der Waals surface area (Å²) in [5, 5.41) is 3.42. The van der Waals surface area contributed by atoms with Gasteiger partial charge in [0.2, 0.25) is 5.91 Å². The fourth-order valence-electron chi connectivity index (χ4n) is 2.35. The van der Waals surface area contributed by atoms with Crippen molar-refractivity contribution in [2.45, 2.75) is 38.6 Å². The molecule has 4 nitrogen and oxygen atoms in total. The first-order valence-corrected chi connectivity index (χ1v) is 6.13. The summed E-state index contributed by atoms with van der Waals surface area (Å²) in [6.07, 6.45) is 5.57. The van der Waals surface area contributed by atoms with Gasteiger partial charge in [-0.2, -0.15) is 0 Å². The van der Waals surface area contributed by atoms with E-state index in [0.717, 1.165) is 31.5 Å². The van der Waals surface area contributed by atoms with Crippen LogP contribution in [0.25, 0.3) is 0 Å². The van der Waals surface area contributed by atoms with Crippen LogP contribution in [0.15, 0.2) is 18.3 Å². The number of carbonyl (C=O) groups is 1. The number of rotatable bonds is 3. The number of nitrogens with two attached hydrogens (primary N) is 1. The van der Waals surface area contributed by atoms with Crippen molar-refractivity contribution < 1.29 is 4.79 Å². The molecular formula is C13H19N3O. The van der Waals surface area contributed by atoms with Crippen molar-refractivity contribution in [3.05, 3.63) is 23.9 Å².